The number of ether oxygens (including phenoxy) is 3. The Bertz CT molecular complexity index is 521. The van der Waals surface area contributed by atoms with Crippen LogP contribution in [0, 0.1) is 0 Å². The van der Waals surface area contributed by atoms with E-state index < -0.39 is 0 Å². The molecule has 1 saturated heterocycles. The molecular weight excluding hydrogens is 320 g/mol. The number of nitrogens with zero attached hydrogens (tertiary/aromatic N) is 1. The van der Waals surface area contributed by atoms with Gasteiger partial charge in [0.15, 0.2) is 0 Å². The van der Waals surface area contributed by atoms with Crippen LogP contribution in [-0.4, -0.2) is 63.5 Å². The van der Waals surface area contributed by atoms with Gasteiger partial charge in [-0.25, -0.2) is 0 Å². The molecule has 1 fully saturated rings. The number of amides is 1. The second-order valence-corrected chi connectivity index (χ2v) is 5.82. The molecular formula is C16H23ClN2O4. The van der Waals surface area contributed by atoms with Crippen LogP contribution in [0.5, 0.6) is 5.75 Å². The molecule has 1 atom stereocenters. The normalized spacial score (nSPS) is 17.8. The third kappa shape index (κ3) is 5.35. The van der Waals surface area contributed by atoms with Gasteiger partial charge >= 0.3 is 0 Å². The number of carbonyl (C=O) groups excluding carboxylic acids is 1. The van der Waals surface area contributed by atoms with E-state index in [4.69, 9.17) is 31.5 Å². The molecule has 2 rings (SSSR count). The number of rotatable bonds is 7. The molecule has 1 aromatic carbocycles. The molecule has 2 N–H and O–H groups in total. The van der Waals surface area contributed by atoms with Gasteiger partial charge in [-0.2, -0.15) is 0 Å². The number of halogens is 1. The summed E-state index contributed by atoms with van der Waals surface area (Å²) in [5.74, 6) is 0.335. The van der Waals surface area contributed by atoms with E-state index in [1.165, 1.54) is 0 Å². The van der Waals surface area contributed by atoms with Gasteiger partial charge in [0.05, 0.1) is 38.1 Å². The lowest BCUT2D eigenvalue weighted by atomic mass is 10.1. The Labute approximate surface area is 141 Å². The second-order valence-electron chi connectivity index (χ2n) is 5.38. The highest BCUT2D eigenvalue weighted by molar-refractivity contribution is 6.30. The van der Waals surface area contributed by atoms with Crippen LogP contribution in [0.4, 0.5) is 0 Å². The Balaban J connectivity index is 2.04. The lowest BCUT2D eigenvalue weighted by Crippen LogP contribution is -2.40. The number of likely N-dealkylation sites (N-methyl/N-ethyl adjacent to an activating group) is 1. The van der Waals surface area contributed by atoms with Crippen molar-refractivity contribution in [3.05, 3.63) is 28.8 Å². The molecule has 128 valence electrons. The van der Waals surface area contributed by atoms with Gasteiger partial charge in [-0.05, 0) is 31.2 Å². The maximum Gasteiger partial charge on any atom is 0.257 e. The summed E-state index contributed by atoms with van der Waals surface area (Å²) in [6, 6.07) is 5.01. The first-order valence-corrected chi connectivity index (χ1v) is 8.07. The minimum atomic E-state index is -0.140. The van der Waals surface area contributed by atoms with Gasteiger partial charge in [0.1, 0.15) is 5.75 Å². The standard InChI is InChI=1S/C16H23ClN2O4/c1-19(10-13-11-21-7-8-22-13)16(20)14-4-3-12(17)9-15(14)23-6-2-5-18/h3-4,9,13H,2,5-8,10-11,18H2,1H3/t13-/m0/s1. The number of carbonyl (C=O) groups is 1. The molecule has 7 heteroatoms. The van der Waals surface area contributed by atoms with Crippen LogP contribution in [0.15, 0.2) is 18.2 Å². The fraction of sp³-hybridized carbons (Fsp3) is 0.562. The maximum absolute atomic E-state index is 12.7. The zero-order valence-electron chi connectivity index (χ0n) is 13.3. The van der Waals surface area contributed by atoms with E-state index in [1.54, 1.807) is 30.1 Å². The van der Waals surface area contributed by atoms with Crippen molar-refractivity contribution >= 4 is 17.5 Å². The van der Waals surface area contributed by atoms with Gasteiger partial charge in [-0.1, -0.05) is 11.6 Å². The van der Waals surface area contributed by atoms with Crippen LogP contribution in [0.2, 0.25) is 5.02 Å². The van der Waals surface area contributed by atoms with Crippen LogP contribution in [-0.2, 0) is 9.47 Å². The van der Waals surface area contributed by atoms with Crippen molar-refractivity contribution < 1.29 is 19.0 Å². The molecule has 0 saturated carbocycles. The van der Waals surface area contributed by atoms with Gasteiger partial charge in [0, 0.05) is 18.6 Å². The van der Waals surface area contributed by atoms with Crippen molar-refractivity contribution in [3.8, 4) is 5.75 Å². The molecule has 1 amide bonds. The van der Waals surface area contributed by atoms with Crippen molar-refractivity contribution in [2.24, 2.45) is 5.73 Å². The summed E-state index contributed by atoms with van der Waals surface area (Å²) >= 11 is 6.00. The van der Waals surface area contributed by atoms with Crippen molar-refractivity contribution in [2.75, 3.05) is 46.6 Å². The topological polar surface area (TPSA) is 74.0 Å². The minimum Gasteiger partial charge on any atom is -0.493 e. The average molecular weight is 343 g/mol. The van der Waals surface area contributed by atoms with Crippen LogP contribution >= 0.6 is 11.6 Å². The SMILES string of the molecule is CN(C[C@H]1COCCO1)C(=O)c1ccc(Cl)cc1OCCCN. The predicted octanol–water partition coefficient (Wildman–Crippen LogP) is 1.55. The Morgan fingerprint density at radius 2 is 2.30 bits per heavy atom. The molecule has 23 heavy (non-hydrogen) atoms. The molecule has 6 nitrogen and oxygen atoms in total. The Morgan fingerprint density at radius 1 is 1.48 bits per heavy atom. The van der Waals surface area contributed by atoms with Gasteiger partial charge in [0.2, 0.25) is 0 Å². The highest BCUT2D eigenvalue weighted by Gasteiger charge is 2.22. The maximum atomic E-state index is 12.7. The van der Waals surface area contributed by atoms with Crippen LogP contribution in [0.25, 0.3) is 0 Å². The third-order valence-corrected chi connectivity index (χ3v) is 3.72. The Kier molecular flexibility index (Phi) is 7.11. The quantitative estimate of drug-likeness (QED) is 0.761. The van der Waals surface area contributed by atoms with Crippen molar-refractivity contribution in [3.63, 3.8) is 0 Å². The number of benzene rings is 1. The lowest BCUT2D eigenvalue weighted by molar-refractivity contribution is -0.0933. The predicted molar refractivity (Wildman–Crippen MR) is 88.1 cm³/mol. The summed E-state index contributed by atoms with van der Waals surface area (Å²) in [6.07, 6.45) is 0.607. The molecule has 0 spiro atoms. The second kappa shape index (κ2) is 9.08. The molecule has 1 aliphatic rings. The molecule has 0 bridgehead atoms. The first kappa shape index (κ1) is 18.0. The van der Waals surface area contributed by atoms with E-state index in [2.05, 4.69) is 0 Å². The smallest absolute Gasteiger partial charge is 0.257 e. The molecule has 0 aromatic heterocycles. The van der Waals surface area contributed by atoms with Crippen LogP contribution in [0.1, 0.15) is 16.8 Å². The highest BCUT2D eigenvalue weighted by Crippen LogP contribution is 2.25. The summed E-state index contributed by atoms with van der Waals surface area (Å²) in [4.78, 5) is 14.3. The Hall–Kier alpha value is -1.34. The summed E-state index contributed by atoms with van der Waals surface area (Å²) in [7, 11) is 1.73. The lowest BCUT2D eigenvalue weighted by Gasteiger charge is -2.28. The largest absolute Gasteiger partial charge is 0.493 e. The first-order chi connectivity index (χ1) is 11.1. The van der Waals surface area contributed by atoms with E-state index in [0.29, 0.717) is 62.3 Å². The zero-order chi connectivity index (χ0) is 16.7. The minimum absolute atomic E-state index is 0.105. The van der Waals surface area contributed by atoms with E-state index in [-0.39, 0.29) is 12.0 Å². The summed E-state index contributed by atoms with van der Waals surface area (Å²) < 4.78 is 16.6. The van der Waals surface area contributed by atoms with Gasteiger partial charge < -0.3 is 24.8 Å². The fourth-order valence-electron chi connectivity index (χ4n) is 2.29. The number of nitrogens with two attached hydrogens (primary N) is 1. The number of hydrogen-bond acceptors (Lipinski definition) is 5. The van der Waals surface area contributed by atoms with Crippen LogP contribution in [0.3, 0.4) is 0 Å². The molecule has 0 aliphatic carbocycles. The molecule has 0 unspecified atom stereocenters. The average Bonchev–Trinajstić information content (AvgIpc) is 2.55. The fourth-order valence-corrected chi connectivity index (χ4v) is 2.46. The van der Waals surface area contributed by atoms with Gasteiger partial charge in [-0.3, -0.25) is 4.79 Å². The Morgan fingerprint density at radius 3 is 3.00 bits per heavy atom. The summed E-state index contributed by atoms with van der Waals surface area (Å²) in [5, 5.41) is 0.524. The molecule has 1 heterocycles. The van der Waals surface area contributed by atoms with Crippen molar-refractivity contribution in [2.45, 2.75) is 12.5 Å². The van der Waals surface area contributed by atoms with Crippen LogP contribution < -0.4 is 10.5 Å². The zero-order valence-corrected chi connectivity index (χ0v) is 14.1. The monoisotopic (exact) mass is 342 g/mol. The number of hydrogen-bond donors (Lipinski definition) is 1. The summed E-state index contributed by atoms with van der Waals surface area (Å²) in [5.41, 5.74) is 5.94. The van der Waals surface area contributed by atoms with E-state index in [0.717, 1.165) is 0 Å². The molecule has 1 aliphatic heterocycles. The van der Waals surface area contributed by atoms with Gasteiger partial charge in [0.25, 0.3) is 5.91 Å². The first-order valence-electron chi connectivity index (χ1n) is 7.69. The van der Waals surface area contributed by atoms with E-state index >= 15 is 0 Å². The third-order valence-electron chi connectivity index (χ3n) is 3.49. The molecule has 1 aromatic rings. The molecule has 0 radical (unpaired) electrons. The van der Waals surface area contributed by atoms with Crippen molar-refractivity contribution in [1.29, 1.82) is 0 Å². The highest BCUT2D eigenvalue weighted by atomic mass is 35.5. The summed E-state index contributed by atoms with van der Waals surface area (Å²) in [6.45, 7) is 3.09. The van der Waals surface area contributed by atoms with Crippen molar-refractivity contribution in [1.82, 2.24) is 4.90 Å². The van der Waals surface area contributed by atoms with E-state index in [1.807, 2.05) is 0 Å². The van der Waals surface area contributed by atoms with E-state index in [9.17, 15) is 4.79 Å². The van der Waals surface area contributed by atoms with Gasteiger partial charge in [-0.15, -0.1) is 0 Å².